The van der Waals surface area contributed by atoms with Crippen molar-refractivity contribution in [2.24, 2.45) is 16.7 Å². The Morgan fingerprint density at radius 1 is 1.14 bits per heavy atom. The van der Waals surface area contributed by atoms with E-state index in [0.717, 1.165) is 6.34 Å². The molecule has 0 spiro atoms. The standard InChI is InChI=1S/C11H22N2O/c1-10(2,3)8(11(4,5)6)9(14)13-7-12/h7-8H,1-6H3,(H2,12,13,14). The van der Waals surface area contributed by atoms with Crippen molar-refractivity contribution in [3.63, 3.8) is 0 Å². The number of amides is 1. The van der Waals surface area contributed by atoms with Gasteiger partial charge in [0.1, 0.15) is 0 Å². The minimum Gasteiger partial charge on any atom is -0.317 e. The lowest BCUT2D eigenvalue weighted by atomic mass is 9.66. The summed E-state index contributed by atoms with van der Waals surface area (Å²) in [6.07, 6.45) is 0.951. The van der Waals surface area contributed by atoms with Crippen LogP contribution >= 0.6 is 0 Å². The van der Waals surface area contributed by atoms with Crippen molar-refractivity contribution in [1.82, 2.24) is 5.32 Å². The van der Waals surface area contributed by atoms with Gasteiger partial charge in [-0.2, -0.15) is 0 Å². The largest absolute Gasteiger partial charge is 0.317 e. The first-order valence-electron chi connectivity index (χ1n) is 4.90. The maximum Gasteiger partial charge on any atom is 0.229 e. The summed E-state index contributed by atoms with van der Waals surface area (Å²) < 4.78 is 0. The third-order valence-corrected chi connectivity index (χ3v) is 2.21. The first-order valence-corrected chi connectivity index (χ1v) is 4.90. The monoisotopic (exact) mass is 198 g/mol. The van der Waals surface area contributed by atoms with Crippen LogP contribution < -0.4 is 5.32 Å². The summed E-state index contributed by atoms with van der Waals surface area (Å²) in [6.45, 7) is 12.3. The summed E-state index contributed by atoms with van der Waals surface area (Å²) in [6, 6.07) is 0. The van der Waals surface area contributed by atoms with Crippen molar-refractivity contribution < 1.29 is 4.79 Å². The van der Waals surface area contributed by atoms with Gasteiger partial charge in [-0.1, -0.05) is 41.5 Å². The van der Waals surface area contributed by atoms with Gasteiger partial charge in [0, 0.05) is 5.92 Å². The second-order valence-electron chi connectivity index (χ2n) is 5.82. The fraction of sp³-hybridized carbons (Fsp3) is 0.818. The number of nitrogens with one attached hydrogen (secondary N) is 2. The highest BCUT2D eigenvalue weighted by Crippen LogP contribution is 2.39. The number of carbonyl (C=O) groups is 1. The van der Waals surface area contributed by atoms with E-state index in [1.54, 1.807) is 0 Å². The normalized spacial score (nSPS) is 12.8. The van der Waals surface area contributed by atoms with E-state index in [0.29, 0.717) is 0 Å². The van der Waals surface area contributed by atoms with Gasteiger partial charge in [-0.3, -0.25) is 10.2 Å². The highest BCUT2D eigenvalue weighted by atomic mass is 16.1. The molecule has 0 aliphatic carbocycles. The van der Waals surface area contributed by atoms with Crippen LogP contribution in [0.1, 0.15) is 41.5 Å². The molecule has 82 valence electrons. The molecule has 0 radical (unpaired) electrons. The summed E-state index contributed by atoms with van der Waals surface area (Å²) in [5.41, 5.74) is -0.184. The molecule has 3 heteroatoms. The van der Waals surface area contributed by atoms with Crippen molar-refractivity contribution >= 4 is 12.2 Å². The van der Waals surface area contributed by atoms with Crippen molar-refractivity contribution in [3.05, 3.63) is 0 Å². The van der Waals surface area contributed by atoms with E-state index in [1.807, 2.05) is 41.5 Å². The summed E-state index contributed by atoms with van der Waals surface area (Å²) in [4.78, 5) is 11.8. The van der Waals surface area contributed by atoms with E-state index in [1.165, 1.54) is 0 Å². The smallest absolute Gasteiger partial charge is 0.229 e. The summed E-state index contributed by atoms with van der Waals surface area (Å²) in [7, 11) is 0. The van der Waals surface area contributed by atoms with Crippen molar-refractivity contribution in [2.45, 2.75) is 41.5 Å². The Morgan fingerprint density at radius 3 is 1.71 bits per heavy atom. The van der Waals surface area contributed by atoms with Crippen LogP contribution in [0.3, 0.4) is 0 Å². The predicted molar refractivity (Wildman–Crippen MR) is 59.3 cm³/mol. The molecule has 0 fully saturated rings. The molecule has 0 atom stereocenters. The van der Waals surface area contributed by atoms with Crippen molar-refractivity contribution in [3.8, 4) is 0 Å². The fourth-order valence-corrected chi connectivity index (χ4v) is 2.24. The van der Waals surface area contributed by atoms with Crippen LogP contribution in [0.5, 0.6) is 0 Å². The van der Waals surface area contributed by atoms with Crippen LogP contribution in [0.15, 0.2) is 0 Å². The predicted octanol–water partition coefficient (Wildman–Crippen LogP) is 2.42. The molecular weight excluding hydrogens is 176 g/mol. The van der Waals surface area contributed by atoms with Gasteiger partial charge >= 0.3 is 0 Å². The van der Waals surface area contributed by atoms with E-state index < -0.39 is 0 Å². The molecule has 0 aromatic heterocycles. The van der Waals surface area contributed by atoms with Gasteiger partial charge < -0.3 is 5.32 Å². The fourth-order valence-electron chi connectivity index (χ4n) is 2.24. The van der Waals surface area contributed by atoms with Gasteiger partial charge in [0.15, 0.2) is 0 Å². The zero-order valence-electron chi connectivity index (χ0n) is 10.1. The maximum atomic E-state index is 11.8. The molecule has 0 aliphatic heterocycles. The van der Waals surface area contributed by atoms with Gasteiger partial charge in [0.05, 0.1) is 6.34 Å². The maximum absolute atomic E-state index is 11.8. The van der Waals surface area contributed by atoms with Gasteiger partial charge in [0.2, 0.25) is 5.91 Å². The van der Waals surface area contributed by atoms with Crippen molar-refractivity contribution in [1.29, 1.82) is 5.41 Å². The molecule has 0 bridgehead atoms. The Hall–Kier alpha value is -0.860. The lowest BCUT2D eigenvalue weighted by Crippen LogP contribution is -2.44. The molecule has 14 heavy (non-hydrogen) atoms. The van der Waals surface area contributed by atoms with Crippen LogP contribution in [0.2, 0.25) is 0 Å². The Morgan fingerprint density at radius 2 is 1.50 bits per heavy atom. The summed E-state index contributed by atoms with van der Waals surface area (Å²) in [5.74, 6) is -0.170. The Labute approximate surface area is 86.8 Å². The van der Waals surface area contributed by atoms with Gasteiger partial charge in [-0.05, 0) is 10.8 Å². The topological polar surface area (TPSA) is 53.0 Å². The lowest BCUT2D eigenvalue weighted by Gasteiger charge is -2.38. The molecule has 0 unspecified atom stereocenters. The van der Waals surface area contributed by atoms with Gasteiger partial charge in [0.25, 0.3) is 0 Å². The Bertz CT molecular complexity index is 206. The summed E-state index contributed by atoms with van der Waals surface area (Å²) in [5, 5.41) is 9.34. The second-order valence-corrected chi connectivity index (χ2v) is 5.82. The molecule has 3 nitrogen and oxygen atoms in total. The Kier molecular flexibility index (Phi) is 3.86. The van der Waals surface area contributed by atoms with Crippen molar-refractivity contribution in [2.75, 3.05) is 0 Å². The molecule has 0 aromatic rings. The molecule has 2 N–H and O–H groups in total. The minimum absolute atomic E-state index is 0.0694. The third kappa shape index (κ3) is 3.48. The average molecular weight is 198 g/mol. The van der Waals surface area contributed by atoms with E-state index in [2.05, 4.69) is 5.32 Å². The SMILES string of the molecule is CC(C)(C)C(C(=O)NC=N)C(C)(C)C. The van der Waals surface area contributed by atoms with E-state index in [4.69, 9.17) is 5.41 Å². The number of hydrogen-bond donors (Lipinski definition) is 2. The van der Waals surface area contributed by atoms with E-state index in [-0.39, 0.29) is 22.7 Å². The lowest BCUT2D eigenvalue weighted by molar-refractivity contribution is -0.131. The number of rotatable bonds is 2. The van der Waals surface area contributed by atoms with Gasteiger partial charge in [-0.15, -0.1) is 0 Å². The highest BCUT2D eigenvalue weighted by Gasteiger charge is 2.39. The summed E-state index contributed by atoms with van der Waals surface area (Å²) >= 11 is 0. The number of hydrogen-bond acceptors (Lipinski definition) is 2. The third-order valence-electron chi connectivity index (χ3n) is 2.21. The van der Waals surface area contributed by atoms with Gasteiger partial charge in [-0.25, -0.2) is 0 Å². The minimum atomic E-state index is -0.100. The highest BCUT2D eigenvalue weighted by molar-refractivity contribution is 5.89. The molecule has 0 aliphatic rings. The van der Waals surface area contributed by atoms with Crippen LogP contribution in [0.4, 0.5) is 0 Å². The molecule has 1 amide bonds. The zero-order chi connectivity index (χ0) is 11.6. The average Bonchev–Trinajstić information content (AvgIpc) is 1.78. The molecule has 0 saturated carbocycles. The van der Waals surface area contributed by atoms with Crippen LogP contribution in [0, 0.1) is 22.2 Å². The quantitative estimate of drug-likeness (QED) is 0.519. The van der Waals surface area contributed by atoms with Crippen LogP contribution in [0.25, 0.3) is 0 Å². The molecule has 0 rings (SSSR count). The van der Waals surface area contributed by atoms with E-state index >= 15 is 0 Å². The van der Waals surface area contributed by atoms with Crippen LogP contribution in [-0.2, 0) is 4.79 Å². The van der Waals surface area contributed by atoms with E-state index in [9.17, 15) is 4.79 Å². The zero-order valence-corrected chi connectivity index (χ0v) is 10.1. The first-order chi connectivity index (χ1) is 6.10. The number of carbonyl (C=O) groups excluding carboxylic acids is 1. The molecule has 0 saturated heterocycles. The molecular formula is C11H22N2O. The molecule has 0 aromatic carbocycles. The Balaban J connectivity index is 4.93. The first kappa shape index (κ1) is 13.1. The second kappa shape index (κ2) is 4.11. The van der Waals surface area contributed by atoms with Crippen LogP contribution in [-0.4, -0.2) is 12.2 Å². The molecule has 0 heterocycles.